The van der Waals surface area contributed by atoms with Gasteiger partial charge >= 0.3 is 0 Å². The first-order valence-corrected chi connectivity index (χ1v) is 6.76. The van der Waals surface area contributed by atoms with Gasteiger partial charge in [-0.15, -0.1) is 0 Å². The van der Waals surface area contributed by atoms with E-state index in [1.165, 1.54) is 11.0 Å². The molecule has 2 N–H and O–H groups in total. The molecule has 0 radical (unpaired) electrons. The van der Waals surface area contributed by atoms with Gasteiger partial charge in [-0.1, -0.05) is 26.3 Å². The lowest BCUT2D eigenvalue weighted by Crippen LogP contribution is -2.46. The highest BCUT2D eigenvalue weighted by molar-refractivity contribution is 5.82. The van der Waals surface area contributed by atoms with Gasteiger partial charge in [-0.3, -0.25) is 4.79 Å². The number of carbonyl (C=O) groups is 1. The van der Waals surface area contributed by atoms with E-state index in [1.807, 2.05) is 13.8 Å². The zero-order chi connectivity index (χ0) is 15.4. The van der Waals surface area contributed by atoms with E-state index in [4.69, 9.17) is 5.73 Å². The number of benzene rings is 1. The van der Waals surface area contributed by atoms with Crippen LogP contribution in [0.4, 0.5) is 8.78 Å². The standard InChI is InChI=1S/C15H22F2N2O/c1-5-9(2)14(18)15(20)19(4)10(3)11-6-7-12(16)13(17)8-11/h6-10,14H,5,18H2,1-4H3/t9?,10?,14-/m0/s1. The fourth-order valence-electron chi connectivity index (χ4n) is 1.92. The van der Waals surface area contributed by atoms with Crippen LogP contribution in [0.2, 0.25) is 0 Å². The van der Waals surface area contributed by atoms with Crippen LogP contribution in [0, 0.1) is 17.6 Å². The summed E-state index contributed by atoms with van der Waals surface area (Å²) in [5.41, 5.74) is 6.45. The summed E-state index contributed by atoms with van der Waals surface area (Å²) in [5, 5.41) is 0. The molecule has 20 heavy (non-hydrogen) atoms. The Morgan fingerprint density at radius 1 is 1.30 bits per heavy atom. The van der Waals surface area contributed by atoms with Crippen LogP contribution in [0.5, 0.6) is 0 Å². The molecule has 1 aromatic carbocycles. The largest absolute Gasteiger partial charge is 0.338 e. The maximum absolute atomic E-state index is 13.2. The van der Waals surface area contributed by atoms with E-state index in [-0.39, 0.29) is 17.9 Å². The normalized spacial score (nSPS) is 15.6. The third-order valence-corrected chi connectivity index (χ3v) is 3.90. The molecular weight excluding hydrogens is 262 g/mol. The quantitative estimate of drug-likeness (QED) is 0.903. The summed E-state index contributed by atoms with van der Waals surface area (Å²) in [7, 11) is 1.62. The number of nitrogens with zero attached hydrogens (tertiary/aromatic N) is 1. The number of hydrogen-bond acceptors (Lipinski definition) is 2. The van der Waals surface area contributed by atoms with Crippen LogP contribution in [0.25, 0.3) is 0 Å². The summed E-state index contributed by atoms with van der Waals surface area (Å²) in [6.07, 6.45) is 0.806. The van der Waals surface area contributed by atoms with Crippen LogP contribution >= 0.6 is 0 Å². The molecular formula is C15H22F2N2O. The summed E-state index contributed by atoms with van der Waals surface area (Å²) >= 11 is 0. The summed E-state index contributed by atoms with van der Waals surface area (Å²) in [5.74, 6) is -1.94. The Balaban J connectivity index is 2.87. The highest BCUT2D eigenvalue weighted by Gasteiger charge is 2.26. The number of rotatable bonds is 5. The number of hydrogen-bond donors (Lipinski definition) is 1. The van der Waals surface area contributed by atoms with E-state index < -0.39 is 17.7 Å². The minimum absolute atomic E-state index is 0.0714. The molecule has 3 atom stereocenters. The average molecular weight is 284 g/mol. The highest BCUT2D eigenvalue weighted by Crippen LogP contribution is 2.22. The molecule has 0 saturated heterocycles. The first kappa shape index (κ1) is 16.6. The summed E-state index contributed by atoms with van der Waals surface area (Å²) in [6, 6.07) is 2.69. The smallest absolute Gasteiger partial charge is 0.240 e. The lowest BCUT2D eigenvalue weighted by atomic mass is 9.97. The van der Waals surface area contributed by atoms with Crippen molar-refractivity contribution in [3.05, 3.63) is 35.4 Å². The molecule has 0 heterocycles. The van der Waals surface area contributed by atoms with E-state index in [9.17, 15) is 13.6 Å². The molecule has 3 nitrogen and oxygen atoms in total. The van der Waals surface area contributed by atoms with E-state index in [1.54, 1.807) is 14.0 Å². The molecule has 0 saturated carbocycles. The van der Waals surface area contributed by atoms with Crippen molar-refractivity contribution in [2.24, 2.45) is 11.7 Å². The van der Waals surface area contributed by atoms with Gasteiger partial charge in [-0.25, -0.2) is 8.78 Å². The number of likely N-dealkylation sites (N-methyl/N-ethyl adjacent to an activating group) is 1. The summed E-state index contributed by atoms with van der Waals surface area (Å²) in [6.45, 7) is 5.64. The molecule has 0 fully saturated rings. The minimum atomic E-state index is -0.915. The van der Waals surface area contributed by atoms with E-state index >= 15 is 0 Å². The maximum Gasteiger partial charge on any atom is 0.240 e. The van der Waals surface area contributed by atoms with E-state index in [0.29, 0.717) is 5.56 Å². The van der Waals surface area contributed by atoms with Crippen LogP contribution in [0.15, 0.2) is 18.2 Å². The highest BCUT2D eigenvalue weighted by atomic mass is 19.2. The lowest BCUT2D eigenvalue weighted by Gasteiger charge is -2.30. The molecule has 0 aromatic heterocycles. The van der Waals surface area contributed by atoms with Gasteiger partial charge in [0.2, 0.25) is 5.91 Å². The molecule has 1 aromatic rings. The van der Waals surface area contributed by atoms with Crippen molar-refractivity contribution in [1.82, 2.24) is 4.90 Å². The second-order valence-corrected chi connectivity index (χ2v) is 5.21. The third-order valence-electron chi connectivity index (χ3n) is 3.90. The van der Waals surface area contributed by atoms with Crippen LogP contribution in [-0.4, -0.2) is 23.9 Å². The number of carbonyl (C=O) groups excluding carboxylic acids is 1. The number of halogens is 2. The Kier molecular flexibility index (Phi) is 5.62. The third kappa shape index (κ3) is 3.54. The van der Waals surface area contributed by atoms with Gasteiger partial charge in [-0.05, 0) is 30.5 Å². The van der Waals surface area contributed by atoms with E-state index in [2.05, 4.69) is 0 Å². The van der Waals surface area contributed by atoms with Gasteiger partial charge in [0.1, 0.15) is 0 Å². The van der Waals surface area contributed by atoms with Crippen LogP contribution < -0.4 is 5.73 Å². The van der Waals surface area contributed by atoms with Gasteiger partial charge in [0, 0.05) is 7.05 Å². The monoisotopic (exact) mass is 284 g/mol. The molecule has 112 valence electrons. The maximum atomic E-state index is 13.2. The SMILES string of the molecule is CCC(C)[C@H](N)C(=O)N(C)C(C)c1ccc(F)c(F)c1. The van der Waals surface area contributed by atoms with Crippen LogP contribution in [-0.2, 0) is 4.79 Å². The molecule has 5 heteroatoms. The van der Waals surface area contributed by atoms with Gasteiger partial charge in [-0.2, -0.15) is 0 Å². The average Bonchev–Trinajstić information content (AvgIpc) is 2.46. The van der Waals surface area contributed by atoms with Gasteiger partial charge < -0.3 is 10.6 Å². The fraction of sp³-hybridized carbons (Fsp3) is 0.533. The Morgan fingerprint density at radius 3 is 2.40 bits per heavy atom. The van der Waals surface area contributed by atoms with Gasteiger partial charge in [0.25, 0.3) is 0 Å². The minimum Gasteiger partial charge on any atom is -0.338 e. The van der Waals surface area contributed by atoms with Crippen molar-refractivity contribution in [3.63, 3.8) is 0 Å². The molecule has 1 amide bonds. The summed E-state index contributed by atoms with van der Waals surface area (Å²) in [4.78, 5) is 13.7. The zero-order valence-corrected chi connectivity index (χ0v) is 12.4. The first-order chi connectivity index (χ1) is 9.29. The Bertz CT molecular complexity index is 479. The second-order valence-electron chi connectivity index (χ2n) is 5.21. The molecule has 2 unspecified atom stereocenters. The zero-order valence-electron chi connectivity index (χ0n) is 12.4. The Morgan fingerprint density at radius 2 is 1.90 bits per heavy atom. The Hall–Kier alpha value is -1.49. The van der Waals surface area contributed by atoms with Crippen LogP contribution in [0.1, 0.15) is 38.8 Å². The van der Waals surface area contributed by atoms with Crippen molar-refractivity contribution in [1.29, 1.82) is 0 Å². The van der Waals surface area contributed by atoms with Crippen molar-refractivity contribution in [2.75, 3.05) is 7.05 Å². The topological polar surface area (TPSA) is 46.3 Å². The second kappa shape index (κ2) is 6.79. The van der Waals surface area contributed by atoms with Gasteiger partial charge in [0.15, 0.2) is 11.6 Å². The predicted molar refractivity (Wildman–Crippen MR) is 75.0 cm³/mol. The summed E-state index contributed by atoms with van der Waals surface area (Å²) < 4.78 is 26.2. The molecule has 0 spiro atoms. The molecule has 0 bridgehead atoms. The lowest BCUT2D eigenvalue weighted by molar-refractivity contribution is -0.134. The Labute approximate surface area is 118 Å². The fourth-order valence-corrected chi connectivity index (χ4v) is 1.92. The van der Waals surface area contributed by atoms with Crippen LogP contribution in [0.3, 0.4) is 0 Å². The van der Waals surface area contributed by atoms with Gasteiger partial charge in [0.05, 0.1) is 12.1 Å². The molecule has 0 aliphatic rings. The predicted octanol–water partition coefficient (Wildman–Crippen LogP) is 2.86. The molecule has 0 aliphatic carbocycles. The van der Waals surface area contributed by atoms with Crippen molar-refractivity contribution >= 4 is 5.91 Å². The number of nitrogens with two attached hydrogens (primary N) is 1. The first-order valence-electron chi connectivity index (χ1n) is 6.76. The van der Waals surface area contributed by atoms with E-state index in [0.717, 1.165) is 18.6 Å². The van der Waals surface area contributed by atoms with Crippen molar-refractivity contribution in [2.45, 2.75) is 39.3 Å². The number of amides is 1. The molecule has 0 aliphatic heterocycles. The van der Waals surface area contributed by atoms with Crippen molar-refractivity contribution in [3.8, 4) is 0 Å². The van der Waals surface area contributed by atoms with Crippen molar-refractivity contribution < 1.29 is 13.6 Å². The molecule has 1 rings (SSSR count).